The normalized spacial score (nSPS) is 12.6. The van der Waals surface area contributed by atoms with Crippen molar-refractivity contribution in [1.29, 1.82) is 0 Å². The first kappa shape index (κ1) is 15.8. The molecule has 0 heterocycles. The summed E-state index contributed by atoms with van der Waals surface area (Å²) in [5.74, 6) is -1.16. The third kappa shape index (κ3) is 5.15. The van der Waals surface area contributed by atoms with Crippen molar-refractivity contribution >= 4 is 17.9 Å². The zero-order valence-electron chi connectivity index (χ0n) is 10.4. The van der Waals surface area contributed by atoms with E-state index in [0.717, 1.165) is 6.08 Å². The van der Waals surface area contributed by atoms with Gasteiger partial charge in [-0.3, -0.25) is 9.59 Å². The Kier molecular flexibility index (Phi) is 5.79. The van der Waals surface area contributed by atoms with Crippen LogP contribution in [0.2, 0.25) is 0 Å². The first-order chi connectivity index (χ1) is 9.40. The van der Waals surface area contributed by atoms with Gasteiger partial charge < -0.3 is 16.2 Å². The predicted molar refractivity (Wildman–Crippen MR) is 69.0 cm³/mol. The highest BCUT2D eigenvalue weighted by molar-refractivity contribution is 5.94. The van der Waals surface area contributed by atoms with Gasteiger partial charge in [-0.25, -0.2) is 8.78 Å². The second-order valence-corrected chi connectivity index (χ2v) is 3.97. The molecule has 7 heteroatoms. The van der Waals surface area contributed by atoms with E-state index in [2.05, 4.69) is 5.32 Å². The van der Waals surface area contributed by atoms with Crippen LogP contribution in [0, 0.1) is 0 Å². The van der Waals surface area contributed by atoms with Gasteiger partial charge in [0.15, 0.2) is 0 Å². The van der Waals surface area contributed by atoms with Crippen molar-refractivity contribution in [2.24, 2.45) is 5.73 Å². The van der Waals surface area contributed by atoms with Crippen molar-refractivity contribution in [1.82, 2.24) is 5.32 Å². The molecule has 0 bridgehead atoms. The molecule has 0 aromatic heterocycles. The van der Waals surface area contributed by atoms with Crippen molar-refractivity contribution in [3.05, 3.63) is 41.5 Å². The number of carbonyl (C=O) groups excluding carboxylic acids is 2. The molecule has 1 atom stereocenters. The monoisotopic (exact) mass is 284 g/mol. The number of rotatable bonds is 6. The maximum Gasteiger partial charge on any atom is 0.265 e. The summed E-state index contributed by atoms with van der Waals surface area (Å²) in [4.78, 5) is 22.1. The number of primary amides is 1. The minimum Gasteiger partial charge on any atom is -0.385 e. The second-order valence-electron chi connectivity index (χ2n) is 3.97. The minimum absolute atomic E-state index is 0.339. The zero-order valence-corrected chi connectivity index (χ0v) is 10.4. The Balaban J connectivity index is 2.51. The van der Waals surface area contributed by atoms with Crippen LogP contribution in [0.3, 0.4) is 0 Å². The average Bonchev–Trinajstić information content (AvgIpc) is 2.42. The summed E-state index contributed by atoms with van der Waals surface area (Å²) in [6, 6.07) is 6.16. The largest absolute Gasteiger partial charge is 0.385 e. The molecule has 0 aliphatic rings. The molecule has 0 radical (unpaired) electrons. The van der Waals surface area contributed by atoms with Crippen LogP contribution in [0.1, 0.15) is 15.9 Å². The number of aliphatic hydroxyl groups is 1. The molecule has 4 N–H and O–H groups in total. The summed E-state index contributed by atoms with van der Waals surface area (Å²) in [5, 5.41) is 10.9. The molecule has 0 saturated carbocycles. The van der Waals surface area contributed by atoms with Crippen LogP contribution in [-0.2, 0) is 4.79 Å². The van der Waals surface area contributed by atoms with Crippen LogP contribution >= 0.6 is 0 Å². The summed E-state index contributed by atoms with van der Waals surface area (Å²) < 4.78 is 24.0. The molecule has 1 aromatic rings. The van der Waals surface area contributed by atoms with Crippen molar-refractivity contribution in [3.8, 4) is 0 Å². The lowest BCUT2D eigenvalue weighted by Gasteiger charge is -2.08. The Hall–Kier alpha value is -2.28. The van der Waals surface area contributed by atoms with E-state index in [1.807, 2.05) is 0 Å². The second kappa shape index (κ2) is 7.34. The average molecular weight is 284 g/mol. The molecule has 5 nitrogen and oxygen atoms in total. The zero-order chi connectivity index (χ0) is 15.1. The van der Waals surface area contributed by atoms with Crippen LogP contribution in [0.5, 0.6) is 0 Å². The first-order valence-electron chi connectivity index (χ1n) is 5.72. The van der Waals surface area contributed by atoms with Gasteiger partial charge in [0, 0.05) is 18.2 Å². The maximum absolute atomic E-state index is 12.0. The topological polar surface area (TPSA) is 92.4 Å². The molecular weight excluding hydrogens is 270 g/mol. The number of hydrogen-bond donors (Lipinski definition) is 3. The molecular formula is C13H14F2N2O3. The molecule has 0 saturated heterocycles. The van der Waals surface area contributed by atoms with Crippen LogP contribution in [0.4, 0.5) is 8.78 Å². The fraction of sp³-hybridized carbons (Fsp3) is 0.231. The number of hydrogen-bond acceptors (Lipinski definition) is 3. The minimum atomic E-state index is -2.90. The Morgan fingerprint density at radius 3 is 2.40 bits per heavy atom. The van der Waals surface area contributed by atoms with Crippen molar-refractivity contribution in [2.45, 2.75) is 12.5 Å². The molecule has 0 spiro atoms. The van der Waals surface area contributed by atoms with Gasteiger partial charge in [0.05, 0.1) is 0 Å². The molecule has 0 aliphatic carbocycles. The number of nitrogens with two attached hydrogens (primary N) is 1. The molecule has 1 rings (SSSR count). The first-order valence-corrected chi connectivity index (χ1v) is 5.72. The molecule has 1 aromatic carbocycles. The van der Waals surface area contributed by atoms with E-state index in [1.165, 1.54) is 18.2 Å². The van der Waals surface area contributed by atoms with E-state index in [-0.39, 0.29) is 0 Å². The summed E-state index contributed by atoms with van der Waals surface area (Å²) in [6.45, 7) is -0.526. The highest BCUT2D eigenvalue weighted by Gasteiger charge is 2.16. The number of alkyl halides is 2. The van der Waals surface area contributed by atoms with Gasteiger partial charge in [-0.1, -0.05) is 12.1 Å². The van der Waals surface area contributed by atoms with Gasteiger partial charge in [-0.05, 0) is 23.8 Å². The van der Waals surface area contributed by atoms with E-state index >= 15 is 0 Å². The SMILES string of the molecule is NC(=O)c1ccc(/C=C/C(=O)NCC(O)C(F)F)cc1. The summed E-state index contributed by atoms with van der Waals surface area (Å²) in [5.41, 5.74) is 6.05. The van der Waals surface area contributed by atoms with Gasteiger partial charge in [-0.15, -0.1) is 0 Å². The molecule has 2 amide bonds. The smallest absolute Gasteiger partial charge is 0.265 e. The van der Waals surface area contributed by atoms with Gasteiger partial charge in [-0.2, -0.15) is 0 Å². The quantitative estimate of drug-likeness (QED) is 0.666. The fourth-order valence-electron chi connectivity index (χ4n) is 1.28. The molecule has 1 unspecified atom stereocenters. The number of aliphatic hydroxyl groups excluding tert-OH is 1. The Labute approximate surface area is 114 Å². The molecule has 108 valence electrons. The van der Waals surface area contributed by atoms with Crippen molar-refractivity contribution in [2.75, 3.05) is 6.54 Å². The number of amides is 2. The number of carbonyl (C=O) groups is 2. The highest BCUT2D eigenvalue weighted by Crippen LogP contribution is 2.05. The van der Waals surface area contributed by atoms with E-state index < -0.39 is 30.9 Å². The summed E-state index contributed by atoms with van der Waals surface area (Å²) in [7, 11) is 0. The third-order valence-corrected chi connectivity index (χ3v) is 2.40. The van der Waals surface area contributed by atoms with Gasteiger partial charge in [0.1, 0.15) is 6.10 Å². The number of benzene rings is 1. The lowest BCUT2D eigenvalue weighted by Crippen LogP contribution is -2.34. The molecule has 0 fully saturated rings. The van der Waals surface area contributed by atoms with Crippen LogP contribution in [-0.4, -0.2) is 36.0 Å². The Morgan fingerprint density at radius 2 is 1.90 bits per heavy atom. The van der Waals surface area contributed by atoms with E-state index in [4.69, 9.17) is 10.8 Å². The highest BCUT2D eigenvalue weighted by atomic mass is 19.3. The lowest BCUT2D eigenvalue weighted by atomic mass is 10.1. The van der Waals surface area contributed by atoms with Crippen molar-refractivity contribution in [3.63, 3.8) is 0 Å². The number of halogens is 2. The van der Waals surface area contributed by atoms with Gasteiger partial charge >= 0.3 is 0 Å². The summed E-state index contributed by atoms with van der Waals surface area (Å²) in [6.07, 6.45) is -2.21. The fourth-order valence-corrected chi connectivity index (χ4v) is 1.28. The van der Waals surface area contributed by atoms with E-state index in [0.29, 0.717) is 11.1 Å². The molecule has 0 aliphatic heterocycles. The van der Waals surface area contributed by atoms with Gasteiger partial charge in [0.2, 0.25) is 11.8 Å². The Bertz CT molecular complexity index is 501. The summed E-state index contributed by atoms with van der Waals surface area (Å²) >= 11 is 0. The van der Waals surface area contributed by atoms with Crippen LogP contribution in [0.25, 0.3) is 6.08 Å². The van der Waals surface area contributed by atoms with E-state index in [1.54, 1.807) is 12.1 Å². The lowest BCUT2D eigenvalue weighted by molar-refractivity contribution is -0.117. The van der Waals surface area contributed by atoms with Crippen molar-refractivity contribution < 1.29 is 23.5 Å². The maximum atomic E-state index is 12.0. The van der Waals surface area contributed by atoms with E-state index in [9.17, 15) is 18.4 Å². The number of nitrogens with one attached hydrogen (secondary N) is 1. The molecule has 20 heavy (non-hydrogen) atoms. The standard InChI is InChI=1S/C13H14F2N2O3/c14-12(15)10(18)7-17-11(19)6-3-8-1-4-9(5-2-8)13(16)20/h1-6,10,12,18H,7H2,(H2,16,20)(H,17,19)/b6-3+. The van der Waals surface area contributed by atoms with Crippen LogP contribution in [0.15, 0.2) is 30.3 Å². The van der Waals surface area contributed by atoms with Crippen LogP contribution < -0.4 is 11.1 Å². The predicted octanol–water partition coefficient (Wildman–Crippen LogP) is 0.541. The third-order valence-electron chi connectivity index (χ3n) is 2.40. The van der Waals surface area contributed by atoms with Gasteiger partial charge in [0.25, 0.3) is 6.43 Å². The Morgan fingerprint density at radius 1 is 1.30 bits per heavy atom.